The maximum Gasteiger partial charge on any atom is 0.410 e. The molecule has 0 atom stereocenters. The van der Waals surface area contributed by atoms with Crippen LogP contribution < -0.4 is 5.32 Å². The van der Waals surface area contributed by atoms with Crippen LogP contribution in [0.1, 0.15) is 63.9 Å². The number of piperazine rings is 1. The van der Waals surface area contributed by atoms with Crippen LogP contribution in [0, 0.1) is 0 Å². The quantitative estimate of drug-likeness (QED) is 0.816. The smallest absolute Gasteiger partial charge is 0.410 e. The molecule has 1 N–H and O–H groups in total. The minimum atomic E-state index is -0.532. The zero-order chi connectivity index (χ0) is 22.5. The lowest BCUT2D eigenvalue weighted by molar-refractivity contribution is -0.132. The lowest BCUT2D eigenvalue weighted by Crippen LogP contribution is -2.52. The molecule has 1 saturated heterocycles. The molecule has 2 rings (SSSR count). The third-order valence-corrected chi connectivity index (χ3v) is 4.92. The number of rotatable bonds is 4. The molecule has 1 aromatic rings. The molecule has 1 aliphatic rings. The van der Waals surface area contributed by atoms with Gasteiger partial charge in [0.15, 0.2) is 0 Å². The van der Waals surface area contributed by atoms with E-state index in [0.29, 0.717) is 31.7 Å². The number of nitrogens with zero attached hydrogens (tertiary/aromatic N) is 2. The van der Waals surface area contributed by atoms with E-state index >= 15 is 0 Å². The van der Waals surface area contributed by atoms with Crippen molar-refractivity contribution in [2.45, 2.75) is 59.0 Å². The molecular formula is C23H35N3O4. The lowest BCUT2D eigenvalue weighted by Gasteiger charge is -2.35. The van der Waals surface area contributed by atoms with Gasteiger partial charge in [0, 0.05) is 44.7 Å². The highest BCUT2D eigenvalue weighted by atomic mass is 16.6. The predicted molar refractivity (Wildman–Crippen MR) is 116 cm³/mol. The van der Waals surface area contributed by atoms with E-state index in [2.05, 4.69) is 26.1 Å². The molecule has 0 radical (unpaired) electrons. The number of carbonyl (C=O) groups excluding carboxylic acids is 3. The van der Waals surface area contributed by atoms with E-state index in [1.54, 1.807) is 9.80 Å². The van der Waals surface area contributed by atoms with Gasteiger partial charge in [-0.3, -0.25) is 9.59 Å². The number of carbonyl (C=O) groups is 3. The zero-order valence-corrected chi connectivity index (χ0v) is 19.1. The molecule has 0 aliphatic carbocycles. The first kappa shape index (κ1) is 23.7. The number of hydrogen-bond donors (Lipinski definition) is 1. The standard InChI is InChI=1S/C23H35N3O4/c1-22(2,3)18-9-7-17(8-10-18)20(28)24-12-11-19(27)25-13-15-26(16-14-25)21(29)30-23(4,5)6/h7-10H,11-16H2,1-6H3,(H,24,28). The van der Waals surface area contributed by atoms with E-state index in [1.807, 2.05) is 45.0 Å². The van der Waals surface area contributed by atoms with Gasteiger partial charge in [-0.15, -0.1) is 0 Å². The molecule has 0 bridgehead atoms. The molecular weight excluding hydrogens is 382 g/mol. The Bertz CT molecular complexity index is 752. The Kier molecular flexibility index (Phi) is 7.50. The predicted octanol–water partition coefficient (Wildman–Crippen LogP) is 3.18. The highest BCUT2D eigenvalue weighted by Crippen LogP contribution is 2.22. The first-order valence-corrected chi connectivity index (χ1v) is 10.5. The van der Waals surface area contributed by atoms with Crippen LogP contribution in [0.5, 0.6) is 0 Å². The van der Waals surface area contributed by atoms with Gasteiger partial charge < -0.3 is 19.9 Å². The summed E-state index contributed by atoms with van der Waals surface area (Å²) in [5.41, 5.74) is 1.26. The number of hydrogen-bond acceptors (Lipinski definition) is 4. The van der Waals surface area contributed by atoms with Crippen molar-refractivity contribution >= 4 is 17.9 Å². The van der Waals surface area contributed by atoms with Crippen LogP contribution in [0.15, 0.2) is 24.3 Å². The molecule has 0 spiro atoms. The summed E-state index contributed by atoms with van der Waals surface area (Å²) in [6.45, 7) is 14.0. The van der Waals surface area contributed by atoms with Gasteiger partial charge in [0.05, 0.1) is 0 Å². The van der Waals surface area contributed by atoms with Crippen LogP contribution in [0.2, 0.25) is 0 Å². The van der Waals surface area contributed by atoms with Gasteiger partial charge in [-0.1, -0.05) is 32.9 Å². The number of amides is 3. The van der Waals surface area contributed by atoms with Gasteiger partial charge >= 0.3 is 6.09 Å². The summed E-state index contributed by atoms with van der Waals surface area (Å²) >= 11 is 0. The summed E-state index contributed by atoms with van der Waals surface area (Å²) in [5.74, 6) is -0.208. The topological polar surface area (TPSA) is 79.0 Å². The summed E-state index contributed by atoms with van der Waals surface area (Å²) in [6.07, 6.45) is -0.113. The second-order valence-corrected chi connectivity index (χ2v) is 9.68. The van der Waals surface area contributed by atoms with E-state index in [1.165, 1.54) is 5.56 Å². The van der Waals surface area contributed by atoms with Gasteiger partial charge in [0.1, 0.15) is 5.60 Å². The lowest BCUT2D eigenvalue weighted by atomic mass is 9.87. The summed E-state index contributed by atoms with van der Waals surface area (Å²) < 4.78 is 5.37. The second kappa shape index (κ2) is 9.49. The van der Waals surface area contributed by atoms with E-state index in [0.717, 1.165) is 0 Å². The van der Waals surface area contributed by atoms with Crippen molar-refractivity contribution in [1.29, 1.82) is 0 Å². The molecule has 1 fully saturated rings. The van der Waals surface area contributed by atoms with E-state index in [9.17, 15) is 14.4 Å². The molecule has 7 nitrogen and oxygen atoms in total. The first-order chi connectivity index (χ1) is 13.9. The largest absolute Gasteiger partial charge is 0.444 e. The Hall–Kier alpha value is -2.57. The van der Waals surface area contributed by atoms with Crippen LogP contribution in [0.4, 0.5) is 4.79 Å². The Morgan fingerprint density at radius 2 is 1.43 bits per heavy atom. The van der Waals surface area contributed by atoms with Gasteiger partial charge in [0.25, 0.3) is 5.91 Å². The molecule has 0 unspecified atom stereocenters. The third kappa shape index (κ3) is 7.04. The SMILES string of the molecule is CC(C)(C)OC(=O)N1CCN(C(=O)CCNC(=O)c2ccc(C(C)(C)C)cc2)CC1. The van der Waals surface area contributed by atoms with E-state index in [-0.39, 0.29) is 36.3 Å². The fourth-order valence-electron chi connectivity index (χ4n) is 3.13. The van der Waals surface area contributed by atoms with Crippen molar-refractivity contribution < 1.29 is 19.1 Å². The maximum atomic E-state index is 12.4. The normalized spacial score (nSPS) is 15.0. The maximum absolute atomic E-state index is 12.4. The minimum Gasteiger partial charge on any atom is -0.444 e. The first-order valence-electron chi connectivity index (χ1n) is 10.5. The number of benzene rings is 1. The number of ether oxygens (including phenoxy) is 1. The fraction of sp³-hybridized carbons (Fsp3) is 0.609. The Labute approximate surface area is 179 Å². The molecule has 0 aromatic heterocycles. The van der Waals surface area contributed by atoms with Crippen LogP contribution in [0.3, 0.4) is 0 Å². The van der Waals surface area contributed by atoms with Crippen molar-refractivity contribution in [1.82, 2.24) is 15.1 Å². The van der Waals surface area contributed by atoms with E-state index in [4.69, 9.17) is 4.74 Å². The van der Waals surface area contributed by atoms with Crippen molar-refractivity contribution in [3.8, 4) is 0 Å². The minimum absolute atomic E-state index is 0.0257. The molecule has 3 amide bonds. The summed E-state index contributed by atoms with van der Waals surface area (Å²) in [7, 11) is 0. The summed E-state index contributed by atoms with van der Waals surface area (Å²) in [4.78, 5) is 40.2. The van der Waals surface area contributed by atoms with Crippen LogP contribution >= 0.6 is 0 Å². The van der Waals surface area contributed by atoms with Crippen molar-refractivity contribution in [2.24, 2.45) is 0 Å². The van der Waals surface area contributed by atoms with Crippen molar-refractivity contribution in [3.63, 3.8) is 0 Å². The van der Waals surface area contributed by atoms with Crippen molar-refractivity contribution in [3.05, 3.63) is 35.4 Å². The average molecular weight is 418 g/mol. The Morgan fingerprint density at radius 3 is 1.93 bits per heavy atom. The monoisotopic (exact) mass is 417 g/mol. The molecule has 30 heavy (non-hydrogen) atoms. The van der Waals surface area contributed by atoms with Crippen molar-refractivity contribution in [2.75, 3.05) is 32.7 Å². The van der Waals surface area contributed by atoms with Gasteiger partial charge in [-0.05, 0) is 43.9 Å². The van der Waals surface area contributed by atoms with Gasteiger partial charge in [0.2, 0.25) is 5.91 Å². The fourth-order valence-corrected chi connectivity index (χ4v) is 3.13. The van der Waals surface area contributed by atoms with Crippen LogP contribution in [-0.4, -0.2) is 66.0 Å². The molecule has 1 heterocycles. The Morgan fingerprint density at radius 1 is 0.900 bits per heavy atom. The highest BCUT2D eigenvalue weighted by molar-refractivity contribution is 5.94. The molecule has 7 heteroatoms. The summed E-state index contributed by atoms with van der Waals surface area (Å²) in [5, 5.41) is 2.81. The van der Waals surface area contributed by atoms with Gasteiger partial charge in [-0.2, -0.15) is 0 Å². The third-order valence-electron chi connectivity index (χ3n) is 4.92. The zero-order valence-electron chi connectivity index (χ0n) is 19.1. The molecule has 166 valence electrons. The summed E-state index contributed by atoms with van der Waals surface area (Å²) in [6, 6.07) is 7.55. The number of nitrogens with one attached hydrogen (secondary N) is 1. The molecule has 0 saturated carbocycles. The molecule has 1 aliphatic heterocycles. The highest BCUT2D eigenvalue weighted by Gasteiger charge is 2.27. The van der Waals surface area contributed by atoms with Crippen LogP contribution in [0.25, 0.3) is 0 Å². The Balaban J connectivity index is 1.74. The average Bonchev–Trinajstić information content (AvgIpc) is 2.66. The second-order valence-electron chi connectivity index (χ2n) is 9.68. The molecule has 1 aromatic carbocycles. The van der Waals surface area contributed by atoms with E-state index < -0.39 is 5.60 Å². The van der Waals surface area contributed by atoms with Crippen LogP contribution in [-0.2, 0) is 14.9 Å². The van der Waals surface area contributed by atoms with Gasteiger partial charge in [-0.25, -0.2) is 4.79 Å².